The van der Waals surface area contributed by atoms with E-state index in [2.05, 4.69) is 4.72 Å². The van der Waals surface area contributed by atoms with Gasteiger partial charge >= 0.3 is 0 Å². The summed E-state index contributed by atoms with van der Waals surface area (Å²) in [5.41, 5.74) is 0.415. The minimum atomic E-state index is -3.84. The first kappa shape index (κ1) is 14.3. The van der Waals surface area contributed by atoms with E-state index in [0.29, 0.717) is 5.56 Å². The summed E-state index contributed by atoms with van der Waals surface area (Å²) in [6.07, 6.45) is 0. The normalized spacial score (nSPS) is 10.8. The Morgan fingerprint density at radius 1 is 1.15 bits per heavy atom. The summed E-state index contributed by atoms with van der Waals surface area (Å²) in [6, 6.07) is 10.9. The predicted octanol–water partition coefficient (Wildman–Crippen LogP) is 3.15. The second-order valence-corrected chi connectivity index (χ2v) is 5.96. The highest BCUT2D eigenvalue weighted by molar-refractivity contribution is 7.92. The van der Waals surface area contributed by atoms with Crippen LogP contribution in [0.3, 0.4) is 0 Å². The molecular formula is C13H8ClFN2O2S. The van der Waals surface area contributed by atoms with E-state index < -0.39 is 15.8 Å². The summed E-state index contributed by atoms with van der Waals surface area (Å²) < 4.78 is 39.6. The third kappa shape index (κ3) is 3.07. The Balaban J connectivity index is 2.30. The smallest absolute Gasteiger partial charge is 0.261 e. The second kappa shape index (κ2) is 5.49. The standard InChI is InChI=1S/C13H8ClFN2O2S/c14-12-6-3-10(7-13(12)15)17-20(18,19)11-4-1-9(8-16)2-5-11/h1-7,17H. The average Bonchev–Trinajstić information content (AvgIpc) is 2.43. The lowest BCUT2D eigenvalue weighted by Crippen LogP contribution is -2.13. The average molecular weight is 311 g/mol. The minimum Gasteiger partial charge on any atom is -0.280 e. The Hall–Kier alpha value is -2.10. The van der Waals surface area contributed by atoms with Gasteiger partial charge in [-0.1, -0.05) is 11.6 Å². The number of hydrogen-bond donors (Lipinski definition) is 1. The Bertz CT molecular complexity index is 783. The minimum absolute atomic E-state index is 0.0214. The van der Waals surface area contributed by atoms with Crippen molar-refractivity contribution in [3.8, 4) is 6.07 Å². The van der Waals surface area contributed by atoms with Gasteiger partial charge < -0.3 is 0 Å². The predicted molar refractivity (Wildman–Crippen MR) is 73.4 cm³/mol. The molecule has 0 amide bonds. The number of nitriles is 1. The molecule has 2 aromatic rings. The van der Waals surface area contributed by atoms with Gasteiger partial charge in [0.1, 0.15) is 5.82 Å². The van der Waals surface area contributed by atoms with Gasteiger partial charge in [0.2, 0.25) is 0 Å². The van der Waals surface area contributed by atoms with Crippen LogP contribution in [0.2, 0.25) is 5.02 Å². The molecule has 0 heterocycles. The van der Waals surface area contributed by atoms with E-state index in [0.717, 1.165) is 6.07 Å². The molecule has 0 unspecified atom stereocenters. The summed E-state index contributed by atoms with van der Waals surface area (Å²) in [5, 5.41) is 8.56. The van der Waals surface area contributed by atoms with Crippen LogP contribution in [-0.4, -0.2) is 8.42 Å². The zero-order chi connectivity index (χ0) is 14.8. The second-order valence-electron chi connectivity index (χ2n) is 3.87. The number of benzene rings is 2. The molecule has 1 N–H and O–H groups in total. The molecule has 102 valence electrons. The molecule has 4 nitrogen and oxygen atoms in total. The number of sulfonamides is 1. The van der Waals surface area contributed by atoms with Crippen molar-refractivity contribution in [3.05, 3.63) is 58.9 Å². The third-order valence-corrected chi connectivity index (χ3v) is 4.17. The lowest BCUT2D eigenvalue weighted by Gasteiger charge is -2.08. The fraction of sp³-hybridized carbons (Fsp3) is 0. The number of nitrogens with zero attached hydrogens (tertiary/aromatic N) is 1. The quantitative estimate of drug-likeness (QED) is 0.946. The number of nitrogens with one attached hydrogen (secondary N) is 1. The van der Waals surface area contributed by atoms with Crippen LogP contribution in [0.5, 0.6) is 0 Å². The van der Waals surface area contributed by atoms with Crippen LogP contribution < -0.4 is 4.72 Å². The van der Waals surface area contributed by atoms with E-state index in [4.69, 9.17) is 16.9 Å². The highest BCUT2D eigenvalue weighted by Crippen LogP contribution is 2.21. The van der Waals surface area contributed by atoms with Crippen LogP contribution >= 0.6 is 11.6 Å². The summed E-state index contributed by atoms with van der Waals surface area (Å²) in [7, 11) is -3.84. The number of halogens is 2. The first-order valence-electron chi connectivity index (χ1n) is 5.40. The summed E-state index contributed by atoms with van der Waals surface area (Å²) in [6.45, 7) is 0. The molecule has 0 atom stereocenters. The molecule has 0 saturated carbocycles. The first-order valence-corrected chi connectivity index (χ1v) is 7.26. The van der Waals surface area contributed by atoms with E-state index >= 15 is 0 Å². The van der Waals surface area contributed by atoms with Gasteiger partial charge in [-0.05, 0) is 42.5 Å². The largest absolute Gasteiger partial charge is 0.280 e. The van der Waals surface area contributed by atoms with Gasteiger partial charge in [0.05, 0.1) is 27.2 Å². The molecule has 0 aliphatic carbocycles. The molecule has 0 saturated heterocycles. The molecular weight excluding hydrogens is 303 g/mol. The molecule has 7 heteroatoms. The summed E-state index contributed by atoms with van der Waals surface area (Å²) in [5.74, 6) is -0.716. The fourth-order valence-corrected chi connectivity index (χ4v) is 2.65. The van der Waals surface area contributed by atoms with Crippen LogP contribution in [-0.2, 0) is 10.0 Å². The van der Waals surface area contributed by atoms with Crippen molar-refractivity contribution in [2.45, 2.75) is 4.90 Å². The van der Waals surface area contributed by atoms with E-state index in [1.807, 2.05) is 6.07 Å². The molecule has 2 aromatic carbocycles. The van der Waals surface area contributed by atoms with Crippen LogP contribution in [0, 0.1) is 17.1 Å². The van der Waals surface area contributed by atoms with Crippen molar-refractivity contribution in [2.75, 3.05) is 4.72 Å². The van der Waals surface area contributed by atoms with Crippen molar-refractivity contribution in [3.63, 3.8) is 0 Å². The third-order valence-electron chi connectivity index (χ3n) is 2.47. The summed E-state index contributed by atoms with van der Waals surface area (Å²) in [4.78, 5) is -0.0214. The number of rotatable bonds is 3. The van der Waals surface area contributed by atoms with Gasteiger partial charge in [-0.3, -0.25) is 4.72 Å². The van der Waals surface area contributed by atoms with Crippen LogP contribution in [0.4, 0.5) is 10.1 Å². The SMILES string of the molecule is N#Cc1ccc(S(=O)(=O)Nc2ccc(Cl)c(F)c2)cc1. The molecule has 0 aliphatic heterocycles. The molecule has 0 bridgehead atoms. The highest BCUT2D eigenvalue weighted by atomic mass is 35.5. The number of hydrogen-bond acceptors (Lipinski definition) is 3. The van der Waals surface area contributed by atoms with Crippen LogP contribution in [0.1, 0.15) is 5.56 Å². The zero-order valence-corrected chi connectivity index (χ0v) is 11.5. The maximum Gasteiger partial charge on any atom is 0.261 e. The van der Waals surface area contributed by atoms with E-state index in [9.17, 15) is 12.8 Å². The van der Waals surface area contributed by atoms with Crippen molar-refractivity contribution in [1.82, 2.24) is 0 Å². The molecule has 0 spiro atoms. The topological polar surface area (TPSA) is 70.0 Å². The van der Waals surface area contributed by atoms with E-state index in [-0.39, 0.29) is 15.6 Å². The molecule has 0 radical (unpaired) electrons. The van der Waals surface area contributed by atoms with Crippen LogP contribution in [0.25, 0.3) is 0 Å². The molecule has 0 fully saturated rings. The molecule has 2 rings (SSSR count). The fourth-order valence-electron chi connectivity index (χ4n) is 1.48. The van der Waals surface area contributed by atoms with Crippen molar-refractivity contribution >= 4 is 27.3 Å². The summed E-state index contributed by atoms with van der Waals surface area (Å²) >= 11 is 5.52. The molecule has 0 aliphatic rings. The van der Waals surface area contributed by atoms with Gasteiger partial charge in [0.25, 0.3) is 10.0 Å². The van der Waals surface area contributed by atoms with Crippen LogP contribution in [0.15, 0.2) is 47.4 Å². The highest BCUT2D eigenvalue weighted by Gasteiger charge is 2.14. The molecule has 0 aromatic heterocycles. The van der Waals surface area contributed by atoms with Gasteiger partial charge in [0.15, 0.2) is 0 Å². The van der Waals surface area contributed by atoms with E-state index in [1.165, 1.54) is 36.4 Å². The first-order chi connectivity index (χ1) is 9.42. The number of anilines is 1. The van der Waals surface area contributed by atoms with Gasteiger partial charge in [-0.25, -0.2) is 12.8 Å². The lowest BCUT2D eigenvalue weighted by atomic mass is 10.2. The van der Waals surface area contributed by atoms with E-state index in [1.54, 1.807) is 0 Å². The maximum absolute atomic E-state index is 13.3. The van der Waals surface area contributed by atoms with Crippen molar-refractivity contribution in [2.24, 2.45) is 0 Å². The monoisotopic (exact) mass is 310 g/mol. The maximum atomic E-state index is 13.3. The Morgan fingerprint density at radius 3 is 2.35 bits per heavy atom. The zero-order valence-electron chi connectivity index (χ0n) is 9.97. The van der Waals surface area contributed by atoms with Gasteiger partial charge in [0, 0.05) is 0 Å². The van der Waals surface area contributed by atoms with Gasteiger partial charge in [-0.15, -0.1) is 0 Å². The Morgan fingerprint density at radius 2 is 1.80 bits per heavy atom. The Labute approximate surface area is 120 Å². The molecule has 20 heavy (non-hydrogen) atoms. The van der Waals surface area contributed by atoms with Crippen molar-refractivity contribution in [1.29, 1.82) is 5.26 Å². The van der Waals surface area contributed by atoms with Gasteiger partial charge in [-0.2, -0.15) is 5.26 Å². The Kier molecular flexibility index (Phi) is 3.93. The van der Waals surface area contributed by atoms with Crippen molar-refractivity contribution < 1.29 is 12.8 Å². The lowest BCUT2D eigenvalue weighted by molar-refractivity contribution is 0.601.